The van der Waals surface area contributed by atoms with Crippen molar-refractivity contribution in [1.29, 1.82) is 0 Å². The summed E-state index contributed by atoms with van der Waals surface area (Å²) in [6, 6.07) is 6.57. The largest absolute Gasteiger partial charge is 0.484 e. The van der Waals surface area contributed by atoms with Crippen LogP contribution in [0.5, 0.6) is 11.6 Å². The molecule has 3 fully saturated rings. The van der Waals surface area contributed by atoms with Crippen LogP contribution in [0.3, 0.4) is 0 Å². The van der Waals surface area contributed by atoms with E-state index in [4.69, 9.17) is 16.3 Å². The Kier molecular flexibility index (Phi) is 5.55. The number of pyridine rings is 1. The maximum absolute atomic E-state index is 13.4. The van der Waals surface area contributed by atoms with Gasteiger partial charge in [-0.2, -0.15) is 8.78 Å². The molecule has 164 valence electrons. The van der Waals surface area contributed by atoms with Gasteiger partial charge >= 0.3 is 6.61 Å². The predicted molar refractivity (Wildman–Crippen MR) is 104 cm³/mol. The van der Waals surface area contributed by atoms with E-state index in [0.717, 1.165) is 6.07 Å². The first-order chi connectivity index (χ1) is 14.7. The zero-order valence-electron chi connectivity index (χ0n) is 16.2. The second-order valence-electron chi connectivity index (χ2n) is 8.09. The molecule has 3 aliphatic rings. The smallest absolute Gasteiger partial charge is 0.388 e. The third-order valence-electron chi connectivity index (χ3n) is 5.61. The molecule has 0 radical (unpaired) electrons. The lowest BCUT2D eigenvalue weighted by Crippen LogP contribution is -2.75. The molecular weight excluding hydrogens is 437 g/mol. The van der Waals surface area contributed by atoms with E-state index in [1.54, 1.807) is 0 Å². The number of ether oxygens (including phenoxy) is 2. The lowest BCUT2D eigenvalue weighted by molar-refractivity contribution is -0.164. The van der Waals surface area contributed by atoms with E-state index in [2.05, 4.69) is 15.0 Å². The number of carbonyl (C=O) groups excluding carboxylic acids is 2. The van der Waals surface area contributed by atoms with Gasteiger partial charge in [-0.25, -0.2) is 9.37 Å². The molecule has 1 amide bonds. The zero-order valence-corrected chi connectivity index (χ0v) is 16.9. The van der Waals surface area contributed by atoms with Crippen LogP contribution in [0, 0.1) is 11.2 Å². The van der Waals surface area contributed by atoms with Crippen molar-refractivity contribution in [2.45, 2.75) is 37.8 Å². The highest BCUT2D eigenvalue weighted by atomic mass is 35.5. The molecule has 6 nitrogen and oxygen atoms in total. The summed E-state index contributed by atoms with van der Waals surface area (Å²) in [5.74, 6) is -1.13. The number of Topliss-reactive ketones (excluding diaryl/α,β-unsaturated/α-hetero) is 1. The van der Waals surface area contributed by atoms with Crippen molar-refractivity contribution in [1.82, 2.24) is 10.3 Å². The number of alkyl halides is 2. The van der Waals surface area contributed by atoms with Crippen LogP contribution in [-0.4, -0.2) is 35.4 Å². The number of ketones is 1. The number of amides is 1. The number of nitrogens with zero attached hydrogens (tertiary/aromatic N) is 1. The lowest BCUT2D eigenvalue weighted by Gasteiger charge is -2.70. The molecule has 2 aromatic rings. The molecular formula is C21H18ClF3N2O4. The highest BCUT2D eigenvalue weighted by Crippen LogP contribution is 2.69. The predicted octanol–water partition coefficient (Wildman–Crippen LogP) is 4.17. The molecule has 0 unspecified atom stereocenters. The highest BCUT2D eigenvalue weighted by molar-refractivity contribution is 6.30. The van der Waals surface area contributed by atoms with E-state index in [1.807, 2.05) is 0 Å². The zero-order chi connectivity index (χ0) is 22.2. The molecule has 1 N–H and O–H groups in total. The molecule has 3 aliphatic carbocycles. The third-order valence-corrected chi connectivity index (χ3v) is 5.92. The Morgan fingerprint density at radius 3 is 2.55 bits per heavy atom. The molecule has 3 saturated carbocycles. The highest BCUT2D eigenvalue weighted by Gasteiger charge is 2.68. The second-order valence-corrected chi connectivity index (χ2v) is 8.49. The number of carbonyl (C=O) groups is 2. The standard InChI is InChI=1S/C21H18ClF3N2O4/c22-14-3-2-13(5-15(14)23)30-8-17(29)27-21-9-20(10-21,11-21)6-16(28)12-1-4-18(26-7-12)31-19(24)25/h1-5,7,19H,6,8-11H2,(H,27,29). The summed E-state index contributed by atoms with van der Waals surface area (Å²) in [4.78, 5) is 28.3. The van der Waals surface area contributed by atoms with Crippen LogP contribution in [0.1, 0.15) is 36.0 Å². The Hall–Kier alpha value is -2.81. The van der Waals surface area contributed by atoms with Crippen LogP contribution in [0.25, 0.3) is 0 Å². The molecule has 1 aromatic carbocycles. The Morgan fingerprint density at radius 2 is 1.94 bits per heavy atom. The van der Waals surface area contributed by atoms with Crippen molar-refractivity contribution in [2.75, 3.05) is 6.61 Å². The summed E-state index contributed by atoms with van der Waals surface area (Å²) in [7, 11) is 0. The van der Waals surface area contributed by atoms with Gasteiger partial charge in [0, 0.05) is 35.9 Å². The fraction of sp³-hybridized carbons (Fsp3) is 0.381. The maximum atomic E-state index is 13.4. The fourth-order valence-corrected chi connectivity index (χ4v) is 4.63. The van der Waals surface area contributed by atoms with Gasteiger partial charge in [0.25, 0.3) is 5.91 Å². The molecule has 31 heavy (non-hydrogen) atoms. The minimum absolute atomic E-state index is 0.0290. The molecule has 0 atom stereocenters. The van der Waals surface area contributed by atoms with E-state index < -0.39 is 12.4 Å². The van der Waals surface area contributed by atoms with Gasteiger partial charge in [-0.15, -0.1) is 0 Å². The number of halogens is 4. The van der Waals surface area contributed by atoms with Gasteiger partial charge in [0.1, 0.15) is 11.6 Å². The molecule has 2 bridgehead atoms. The number of nitrogens with one attached hydrogen (secondary N) is 1. The second kappa shape index (κ2) is 8.03. The number of aromatic nitrogens is 1. The van der Waals surface area contributed by atoms with Crippen molar-refractivity contribution in [3.8, 4) is 11.6 Å². The van der Waals surface area contributed by atoms with Gasteiger partial charge < -0.3 is 14.8 Å². The van der Waals surface area contributed by atoms with Crippen LogP contribution in [0.15, 0.2) is 36.5 Å². The Bertz CT molecular complexity index is 996. The average Bonchev–Trinajstić information content (AvgIpc) is 2.66. The van der Waals surface area contributed by atoms with Crippen LogP contribution in [-0.2, 0) is 4.79 Å². The number of hydrogen-bond acceptors (Lipinski definition) is 5. The Labute approximate surface area is 180 Å². The molecule has 10 heteroatoms. The van der Waals surface area contributed by atoms with E-state index >= 15 is 0 Å². The Balaban J connectivity index is 1.22. The summed E-state index contributed by atoms with van der Waals surface area (Å²) in [5, 5.41) is 2.89. The van der Waals surface area contributed by atoms with Gasteiger partial charge in [-0.3, -0.25) is 9.59 Å². The first kappa shape index (κ1) is 21.4. The van der Waals surface area contributed by atoms with E-state index in [1.165, 1.54) is 30.5 Å². The third kappa shape index (κ3) is 4.61. The molecule has 5 rings (SSSR count). The van der Waals surface area contributed by atoms with Crippen LogP contribution >= 0.6 is 11.6 Å². The van der Waals surface area contributed by atoms with Crippen LogP contribution in [0.2, 0.25) is 5.02 Å². The molecule has 0 spiro atoms. The minimum atomic E-state index is -2.97. The van der Waals surface area contributed by atoms with Crippen molar-refractivity contribution in [2.24, 2.45) is 5.41 Å². The van der Waals surface area contributed by atoms with Crippen LogP contribution in [0.4, 0.5) is 13.2 Å². The Morgan fingerprint density at radius 1 is 1.19 bits per heavy atom. The summed E-state index contributed by atoms with van der Waals surface area (Å²) < 4.78 is 47.2. The lowest BCUT2D eigenvalue weighted by atomic mass is 9.38. The van der Waals surface area contributed by atoms with Gasteiger partial charge in [-0.1, -0.05) is 11.6 Å². The maximum Gasteiger partial charge on any atom is 0.388 e. The normalized spacial score (nSPS) is 23.5. The van der Waals surface area contributed by atoms with Crippen molar-refractivity contribution in [3.05, 3.63) is 52.9 Å². The molecule has 1 heterocycles. The van der Waals surface area contributed by atoms with Crippen molar-refractivity contribution in [3.63, 3.8) is 0 Å². The van der Waals surface area contributed by atoms with Gasteiger partial charge in [0.2, 0.25) is 5.88 Å². The van der Waals surface area contributed by atoms with Crippen molar-refractivity contribution < 1.29 is 32.2 Å². The number of hydrogen-bond donors (Lipinski definition) is 1. The summed E-state index contributed by atoms with van der Waals surface area (Å²) in [6.45, 7) is -3.23. The van der Waals surface area contributed by atoms with E-state index in [-0.39, 0.29) is 45.9 Å². The van der Waals surface area contributed by atoms with Gasteiger partial charge in [-0.05, 0) is 42.9 Å². The topological polar surface area (TPSA) is 77.5 Å². The molecule has 1 aromatic heterocycles. The molecule has 0 aliphatic heterocycles. The van der Waals surface area contributed by atoms with Gasteiger partial charge in [0.15, 0.2) is 12.4 Å². The summed E-state index contributed by atoms with van der Waals surface area (Å²) in [5.41, 5.74) is -0.171. The monoisotopic (exact) mass is 454 g/mol. The van der Waals surface area contributed by atoms with Crippen LogP contribution < -0.4 is 14.8 Å². The minimum Gasteiger partial charge on any atom is -0.484 e. The quantitative estimate of drug-likeness (QED) is 0.575. The summed E-state index contributed by atoms with van der Waals surface area (Å²) in [6.07, 6.45) is 3.54. The number of benzene rings is 1. The average molecular weight is 455 g/mol. The van der Waals surface area contributed by atoms with E-state index in [0.29, 0.717) is 31.2 Å². The van der Waals surface area contributed by atoms with E-state index in [9.17, 15) is 22.8 Å². The first-order valence-corrected chi connectivity index (χ1v) is 9.88. The SMILES string of the molecule is O=C(COc1ccc(Cl)c(F)c1)NC12CC(CC(=O)c3ccc(OC(F)F)nc3)(C1)C2. The number of rotatable bonds is 9. The first-order valence-electron chi connectivity index (χ1n) is 9.51. The van der Waals surface area contributed by atoms with Crippen molar-refractivity contribution >= 4 is 23.3 Å². The van der Waals surface area contributed by atoms with Gasteiger partial charge in [0.05, 0.1) is 5.02 Å². The fourth-order valence-electron chi connectivity index (χ4n) is 4.51. The molecule has 0 saturated heterocycles. The summed E-state index contributed by atoms with van der Waals surface area (Å²) >= 11 is 5.61.